The molecule has 0 unspecified atom stereocenters. The molecule has 0 saturated carbocycles. The van der Waals surface area contributed by atoms with E-state index >= 15 is 0 Å². The van der Waals surface area contributed by atoms with Gasteiger partial charge in [0.25, 0.3) is 0 Å². The number of hydrogen-bond donors (Lipinski definition) is 0. The Balaban J connectivity index is 2.36. The lowest BCUT2D eigenvalue weighted by atomic mass is 10.2. The van der Waals surface area contributed by atoms with Crippen molar-refractivity contribution in [3.8, 4) is 0 Å². The summed E-state index contributed by atoms with van der Waals surface area (Å²) in [5.41, 5.74) is 8.82. The van der Waals surface area contributed by atoms with Crippen molar-refractivity contribution < 1.29 is 8.81 Å². The third-order valence-corrected chi connectivity index (χ3v) is 2.91. The van der Waals surface area contributed by atoms with Crippen molar-refractivity contribution in [3.05, 3.63) is 43.8 Å². The molecule has 0 atom stereocenters. The van der Waals surface area contributed by atoms with Crippen molar-refractivity contribution in [1.82, 2.24) is 0 Å². The summed E-state index contributed by atoms with van der Waals surface area (Å²) in [5.74, 6) is 0.421. The lowest BCUT2D eigenvalue weighted by molar-refractivity contribution is 0.547. The minimum Gasteiger partial charge on any atom is -0.460 e. The molecule has 2 rings (SSSR count). The van der Waals surface area contributed by atoms with Gasteiger partial charge < -0.3 is 4.42 Å². The monoisotopic (exact) mass is 331 g/mol. The molecule has 0 aliphatic heterocycles. The Labute approximate surface area is 104 Å². The number of halogens is 2. The van der Waals surface area contributed by atoms with Crippen molar-refractivity contribution in [1.29, 1.82) is 0 Å². The van der Waals surface area contributed by atoms with Gasteiger partial charge in [0.15, 0.2) is 0 Å². The van der Waals surface area contributed by atoms with Gasteiger partial charge >= 0.3 is 0 Å². The highest BCUT2D eigenvalue weighted by Gasteiger charge is 2.08. The second kappa shape index (κ2) is 4.71. The summed E-state index contributed by atoms with van der Waals surface area (Å²) in [6, 6.07) is 4.62. The largest absolute Gasteiger partial charge is 0.460 e. The van der Waals surface area contributed by atoms with E-state index in [1.54, 1.807) is 6.07 Å². The molecule has 4 nitrogen and oxygen atoms in total. The number of rotatable bonds is 3. The van der Waals surface area contributed by atoms with Crippen molar-refractivity contribution in [2.75, 3.05) is 6.54 Å². The van der Waals surface area contributed by atoms with Gasteiger partial charge in [0.2, 0.25) is 0 Å². The van der Waals surface area contributed by atoms with Crippen LogP contribution in [0.2, 0.25) is 0 Å². The van der Waals surface area contributed by atoms with Gasteiger partial charge in [-0.05, 0) is 46.3 Å². The molecule has 0 aliphatic carbocycles. The maximum atomic E-state index is 13.1. The van der Waals surface area contributed by atoms with Crippen molar-refractivity contribution in [2.45, 2.75) is 6.42 Å². The first-order valence-electron chi connectivity index (χ1n) is 4.59. The third kappa shape index (κ3) is 2.28. The lowest BCUT2D eigenvalue weighted by Crippen LogP contribution is -1.83. The molecular formula is C10H7FIN3O. The number of benzene rings is 1. The molecule has 6 heteroatoms. The molecule has 16 heavy (non-hydrogen) atoms. The topological polar surface area (TPSA) is 61.9 Å². The molecule has 1 aromatic heterocycles. The van der Waals surface area contributed by atoms with Crippen molar-refractivity contribution in [3.63, 3.8) is 0 Å². The first-order valence-corrected chi connectivity index (χ1v) is 5.67. The van der Waals surface area contributed by atoms with Crippen LogP contribution in [0, 0.1) is 9.39 Å². The van der Waals surface area contributed by atoms with Crippen LogP contribution in [0.5, 0.6) is 0 Å². The van der Waals surface area contributed by atoms with Crippen molar-refractivity contribution in [2.24, 2.45) is 5.11 Å². The first kappa shape index (κ1) is 11.2. The molecule has 82 valence electrons. The number of nitrogens with zero attached hydrogens (tertiary/aromatic N) is 3. The van der Waals surface area contributed by atoms with Crippen LogP contribution in [-0.2, 0) is 6.42 Å². The molecule has 0 N–H and O–H groups in total. The summed E-state index contributed by atoms with van der Waals surface area (Å²) < 4.78 is 19.4. The van der Waals surface area contributed by atoms with Crippen LogP contribution >= 0.6 is 22.6 Å². The third-order valence-electron chi connectivity index (χ3n) is 2.11. The molecule has 1 aromatic carbocycles. The quantitative estimate of drug-likeness (QED) is 0.362. The number of azide groups is 1. The Morgan fingerprint density at radius 3 is 3.00 bits per heavy atom. The summed E-state index contributed by atoms with van der Waals surface area (Å²) in [6.45, 7) is 0.343. The normalized spacial score (nSPS) is 10.4. The van der Waals surface area contributed by atoms with Gasteiger partial charge in [-0.15, -0.1) is 0 Å². The second-order valence-corrected chi connectivity index (χ2v) is 4.39. The molecule has 0 fully saturated rings. The summed E-state index contributed by atoms with van der Waals surface area (Å²) in [4.78, 5) is 2.66. The smallest absolute Gasteiger partial charge is 0.147 e. The van der Waals surface area contributed by atoms with Gasteiger partial charge in [0.1, 0.15) is 17.2 Å². The summed E-state index contributed by atoms with van der Waals surface area (Å²) in [7, 11) is 0. The van der Waals surface area contributed by atoms with Crippen LogP contribution in [-0.4, -0.2) is 6.54 Å². The van der Waals surface area contributed by atoms with Gasteiger partial charge in [0.05, 0.1) is 3.57 Å². The highest BCUT2D eigenvalue weighted by molar-refractivity contribution is 14.1. The van der Waals surface area contributed by atoms with E-state index in [4.69, 9.17) is 9.95 Å². The summed E-state index contributed by atoms with van der Waals surface area (Å²) in [5, 5.41) is 4.16. The van der Waals surface area contributed by atoms with E-state index in [0.29, 0.717) is 24.3 Å². The maximum Gasteiger partial charge on any atom is 0.147 e. The van der Waals surface area contributed by atoms with E-state index in [0.717, 1.165) is 8.96 Å². The van der Waals surface area contributed by atoms with E-state index in [-0.39, 0.29) is 5.82 Å². The lowest BCUT2D eigenvalue weighted by Gasteiger charge is -1.93. The summed E-state index contributed by atoms with van der Waals surface area (Å²) >= 11 is 2.03. The van der Waals surface area contributed by atoms with Crippen LogP contribution in [0.4, 0.5) is 4.39 Å². The molecule has 0 saturated heterocycles. The fourth-order valence-corrected chi connectivity index (χ4v) is 2.18. The molecule has 2 aromatic rings. The van der Waals surface area contributed by atoms with Crippen LogP contribution < -0.4 is 0 Å². The van der Waals surface area contributed by atoms with Crippen LogP contribution in [0.15, 0.2) is 27.7 Å². The molecular weight excluding hydrogens is 324 g/mol. The average molecular weight is 331 g/mol. The summed E-state index contributed by atoms with van der Waals surface area (Å²) in [6.07, 6.45) is 0.524. The van der Waals surface area contributed by atoms with E-state index in [2.05, 4.69) is 10.0 Å². The zero-order chi connectivity index (χ0) is 11.5. The predicted molar refractivity (Wildman–Crippen MR) is 66.6 cm³/mol. The van der Waals surface area contributed by atoms with Crippen LogP contribution in [0.3, 0.4) is 0 Å². The van der Waals surface area contributed by atoms with E-state index in [1.165, 1.54) is 12.1 Å². The molecule has 0 amide bonds. The van der Waals surface area contributed by atoms with E-state index < -0.39 is 0 Å². The number of fused-ring (bicyclic) bond motifs is 1. The SMILES string of the molecule is [N-]=[N+]=NCCc1cc2cc(F)cc(I)c2o1. The minimum atomic E-state index is -0.278. The van der Waals surface area contributed by atoms with E-state index in [1.807, 2.05) is 22.6 Å². The molecule has 0 radical (unpaired) electrons. The molecule has 0 spiro atoms. The fourth-order valence-electron chi connectivity index (χ4n) is 1.46. The predicted octanol–water partition coefficient (Wildman–Crippen LogP) is 4.03. The zero-order valence-corrected chi connectivity index (χ0v) is 10.3. The highest BCUT2D eigenvalue weighted by Crippen LogP contribution is 2.26. The zero-order valence-electron chi connectivity index (χ0n) is 8.15. The Morgan fingerprint density at radius 1 is 1.44 bits per heavy atom. The Bertz CT molecular complexity index is 575. The highest BCUT2D eigenvalue weighted by atomic mass is 127. The van der Waals surface area contributed by atoms with E-state index in [9.17, 15) is 4.39 Å². The molecule has 0 aliphatic rings. The second-order valence-electron chi connectivity index (χ2n) is 3.22. The van der Waals surface area contributed by atoms with Crippen LogP contribution in [0.25, 0.3) is 21.4 Å². The number of hydrogen-bond acceptors (Lipinski definition) is 2. The molecule has 1 heterocycles. The van der Waals surface area contributed by atoms with Crippen molar-refractivity contribution >= 4 is 33.6 Å². The molecule has 0 bridgehead atoms. The standard InChI is InChI=1S/C10H7FIN3O/c11-7-3-6-4-8(1-2-14-15-13)16-10(6)9(12)5-7/h3-5H,1-2H2. The number of furan rings is 1. The Hall–Kier alpha value is -1.27. The Morgan fingerprint density at radius 2 is 2.25 bits per heavy atom. The van der Waals surface area contributed by atoms with Gasteiger partial charge in [-0.2, -0.15) is 0 Å². The van der Waals surface area contributed by atoms with Gasteiger partial charge in [0, 0.05) is 23.3 Å². The van der Waals surface area contributed by atoms with Gasteiger partial charge in [-0.3, -0.25) is 0 Å². The van der Waals surface area contributed by atoms with Crippen LogP contribution in [0.1, 0.15) is 5.76 Å². The minimum absolute atomic E-state index is 0.278. The first-order chi connectivity index (χ1) is 7.70. The Kier molecular flexibility index (Phi) is 3.31. The van der Waals surface area contributed by atoms with Gasteiger partial charge in [-0.25, -0.2) is 4.39 Å². The fraction of sp³-hybridized carbons (Fsp3) is 0.200. The maximum absolute atomic E-state index is 13.1. The van der Waals surface area contributed by atoms with Gasteiger partial charge in [-0.1, -0.05) is 5.11 Å². The average Bonchev–Trinajstić information content (AvgIpc) is 2.61.